The molecule has 0 aliphatic carbocycles. The van der Waals surface area contributed by atoms with Crippen LogP contribution in [0.5, 0.6) is 5.75 Å². The topological polar surface area (TPSA) is 71.0 Å². The molecule has 0 bridgehead atoms. The molecule has 0 fully saturated rings. The lowest BCUT2D eigenvalue weighted by atomic mass is 9.98. The molecule has 31 heavy (non-hydrogen) atoms. The van der Waals surface area contributed by atoms with Crippen molar-refractivity contribution >= 4 is 17.5 Å². The number of rotatable bonds is 9. The van der Waals surface area contributed by atoms with E-state index in [1.807, 2.05) is 61.5 Å². The van der Waals surface area contributed by atoms with Gasteiger partial charge in [-0.1, -0.05) is 55.8 Å². The summed E-state index contributed by atoms with van der Waals surface area (Å²) >= 11 is 0. The summed E-state index contributed by atoms with van der Waals surface area (Å²) in [5, 5.41) is 9.17. The molecule has 1 aliphatic rings. The molecule has 1 heterocycles. The van der Waals surface area contributed by atoms with Gasteiger partial charge in [0, 0.05) is 25.3 Å². The molecule has 2 amide bonds. The van der Waals surface area contributed by atoms with Crippen molar-refractivity contribution in [2.45, 2.75) is 58.0 Å². The van der Waals surface area contributed by atoms with Crippen LogP contribution in [0, 0.1) is 0 Å². The van der Waals surface area contributed by atoms with Crippen molar-refractivity contribution in [2.75, 3.05) is 7.11 Å². The number of hydrogen-bond acceptors (Lipinski definition) is 4. The quantitative estimate of drug-likeness (QED) is 0.650. The summed E-state index contributed by atoms with van der Waals surface area (Å²) in [6, 6.07) is 17.5. The second-order valence-corrected chi connectivity index (χ2v) is 7.90. The van der Waals surface area contributed by atoms with E-state index in [1.54, 1.807) is 12.1 Å². The third-order valence-electron chi connectivity index (χ3n) is 5.47. The summed E-state index contributed by atoms with van der Waals surface area (Å²) in [7, 11) is 1.63. The van der Waals surface area contributed by atoms with Crippen LogP contribution in [0.15, 0.2) is 59.7 Å². The molecule has 2 atom stereocenters. The highest BCUT2D eigenvalue weighted by molar-refractivity contribution is 6.03. The van der Waals surface area contributed by atoms with Crippen LogP contribution in [0.3, 0.4) is 0 Å². The third-order valence-corrected chi connectivity index (χ3v) is 5.47. The highest BCUT2D eigenvalue weighted by atomic mass is 16.5. The van der Waals surface area contributed by atoms with E-state index in [4.69, 9.17) is 4.74 Å². The zero-order valence-electron chi connectivity index (χ0n) is 18.5. The van der Waals surface area contributed by atoms with Crippen LogP contribution >= 0.6 is 0 Å². The van der Waals surface area contributed by atoms with E-state index in [1.165, 1.54) is 0 Å². The average Bonchev–Trinajstić information content (AvgIpc) is 3.24. The Balaban J connectivity index is 1.74. The minimum atomic E-state index is -0.198. The Kier molecular flexibility index (Phi) is 7.82. The number of hydrogen-bond donors (Lipinski definition) is 1. The Hall–Kier alpha value is -3.15. The smallest absolute Gasteiger partial charge is 0.243 e. The van der Waals surface area contributed by atoms with Gasteiger partial charge in [-0.25, -0.2) is 5.01 Å². The molecule has 2 aromatic rings. The van der Waals surface area contributed by atoms with Crippen molar-refractivity contribution in [3.8, 4) is 5.75 Å². The molecule has 0 radical (unpaired) electrons. The molecule has 6 nitrogen and oxygen atoms in total. The number of nitrogens with one attached hydrogen (secondary N) is 1. The van der Waals surface area contributed by atoms with Gasteiger partial charge in [0.05, 0.1) is 18.9 Å². The normalized spacial score (nSPS) is 16.5. The minimum absolute atomic E-state index is 0.0956. The summed E-state index contributed by atoms with van der Waals surface area (Å²) in [4.78, 5) is 25.3. The molecule has 0 saturated carbocycles. The van der Waals surface area contributed by atoms with E-state index in [0.717, 1.165) is 35.4 Å². The second-order valence-electron chi connectivity index (χ2n) is 7.90. The SMILES string of the molecule is CCCC(C)NC(=O)CCC(=O)N1N=C(c2ccccc2)CC1c1ccc(OC)cc1. The predicted octanol–water partition coefficient (Wildman–Crippen LogP) is 4.46. The highest BCUT2D eigenvalue weighted by Gasteiger charge is 2.33. The second kappa shape index (κ2) is 10.8. The molecule has 0 aromatic heterocycles. The molecule has 164 valence electrons. The molecule has 2 aromatic carbocycles. The van der Waals surface area contributed by atoms with Gasteiger partial charge in [0.25, 0.3) is 0 Å². The molecule has 2 unspecified atom stereocenters. The Bertz CT molecular complexity index is 909. The van der Waals surface area contributed by atoms with Gasteiger partial charge in [-0.15, -0.1) is 0 Å². The monoisotopic (exact) mass is 421 g/mol. The fourth-order valence-electron chi connectivity index (χ4n) is 3.82. The number of benzene rings is 2. The number of carbonyl (C=O) groups is 2. The first-order valence-corrected chi connectivity index (χ1v) is 10.9. The van der Waals surface area contributed by atoms with Gasteiger partial charge < -0.3 is 10.1 Å². The van der Waals surface area contributed by atoms with Crippen LogP contribution in [-0.4, -0.2) is 35.7 Å². The third kappa shape index (κ3) is 5.94. The Labute approximate surface area is 184 Å². The fourth-order valence-corrected chi connectivity index (χ4v) is 3.82. The van der Waals surface area contributed by atoms with Gasteiger partial charge in [-0.05, 0) is 36.6 Å². The molecule has 3 rings (SSSR count). The van der Waals surface area contributed by atoms with Crippen molar-refractivity contribution < 1.29 is 14.3 Å². The van der Waals surface area contributed by atoms with Crippen molar-refractivity contribution in [3.05, 3.63) is 65.7 Å². The van der Waals surface area contributed by atoms with Crippen molar-refractivity contribution in [3.63, 3.8) is 0 Å². The van der Waals surface area contributed by atoms with Gasteiger partial charge in [-0.3, -0.25) is 9.59 Å². The number of nitrogens with zero attached hydrogens (tertiary/aromatic N) is 2. The van der Waals surface area contributed by atoms with E-state index in [0.29, 0.717) is 6.42 Å². The van der Waals surface area contributed by atoms with E-state index < -0.39 is 0 Å². The highest BCUT2D eigenvalue weighted by Crippen LogP contribution is 2.34. The summed E-state index contributed by atoms with van der Waals surface area (Å²) in [6.45, 7) is 4.07. The van der Waals surface area contributed by atoms with Crippen LogP contribution < -0.4 is 10.1 Å². The number of carbonyl (C=O) groups excluding carboxylic acids is 2. The first kappa shape index (κ1) is 22.5. The lowest BCUT2D eigenvalue weighted by molar-refractivity contribution is -0.135. The summed E-state index contributed by atoms with van der Waals surface area (Å²) < 4.78 is 5.26. The van der Waals surface area contributed by atoms with Crippen molar-refractivity contribution in [1.82, 2.24) is 10.3 Å². The lowest BCUT2D eigenvalue weighted by Crippen LogP contribution is -2.34. The van der Waals surface area contributed by atoms with Crippen LogP contribution in [-0.2, 0) is 9.59 Å². The molecule has 0 spiro atoms. The number of methoxy groups -OCH3 is 1. The van der Waals surface area contributed by atoms with Crippen molar-refractivity contribution in [1.29, 1.82) is 0 Å². The first-order chi connectivity index (χ1) is 15.0. The molecule has 1 N–H and O–H groups in total. The van der Waals surface area contributed by atoms with Gasteiger partial charge in [0.15, 0.2) is 0 Å². The minimum Gasteiger partial charge on any atom is -0.497 e. The van der Waals surface area contributed by atoms with E-state index in [-0.39, 0.29) is 36.7 Å². The summed E-state index contributed by atoms with van der Waals surface area (Å²) in [6.07, 6.45) is 2.85. The number of hydrazone groups is 1. The Morgan fingerprint density at radius 2 is 1.84 bits per heavy atom. The van der Waals surface area contributed by atoms with Gasteiger partial charge in [0.1, 0.15) is 5.75 Å². The maximum Gasteiger partial charge on any atom is 0.243 e. The summed E-state index contributed by atoms with van der Waals surface area (Å²) in [5.41, 5.74) is 2.86. The molecular weight excluding hydrogens is 390 g/mol. The van der Waals surface area contributed by atoms with Gasteiger partial charge >= 0.3 is 0 Å². The van der Waals surface area contributed by atoms with Crippen LogP contribution in [0.25, 0.3) is 0 Å². The molecule has 1 aliphatic heterocycles. The van der Waals surface area contributed by atoms with Gasteiger partial charge in [-0.2, -0.15) is 5.10 Å². The Morgan fingerprint density at radius 3 is 2.48 bits per heavy atom. The zero-order valence-corrected chi connectivity index (χ0v) is 18.5. The van der Waals surface area contributed by atoms with Crippen molar-refractivity contribution in [2.24, 2.45) is 5.10 Å². The van der Waals surface area contributed by atoms with Gasteiger partial charge in [0.2, 0.25) is 11.8 Å². The number of ether oxygens (including phenoxy) is 1. The maximum atomic E-state index is 13.1. The molecular formula is C25H31N3O3. The van der Waals surface area contributed by atoms with E-state index in [2.05, 4.69) is 17.3 Å². The average molecular weight is 422 g/mol. The first-order valence-electron chi connectivity index (χ1n) is 10.9. The standard InChI is InChI=1S/C25H31N3O3/c1-4-8-18(2)26-24(29)15-16-25(30)28-23(20-11-13-21(31-3)14-12-20)17-22(27-28)19-9-6-5-7-10-19/h5-7,9-14,18,23H,4,8,15-17H2,1-3H3,(H,26,29). The van der Waals surface area contributed by atoms with E-state index in [9.17, 15) is 9.59 Å². The summed E-state index contributed by atoms with van der Waals surface area (Å²) in [5.74, 6) is 0.522. The van der Waals surface area contributed by atoms with E-state index >= 15 is 0 Å². The van der Waals surface area contributed by atoms with Crippen LogP contribution in [0.2, 0.25) is 0 Å². The molecule has 6 heteroatoms. The predicted molar refractivity (Wildman–Crippen MR) is 122 cm³/mol. The Morgan fingerprint density at radius 1 is 1.13 bits per heavy atom. The zero-order chi connectivity index (χ0) is 22.2. The van der Waals surface area contributed by atoms with Crippen LogP contribution in [0.4, 0.5) is 0 Å². The fraction of sp³-hybridized carbons (Fsp3) is 0.400. The lowest BCUT2D eigenvalue weighted by Gasteiger charge is -2.22. The maximum absolute atomic E-state index is 13.1. The molecule has 0 saturated heterocycles. The largest absolute Gasteiger partial charge is 0.497 e. The number of amides is 2. The van der Waals surface area contributed by atoms with Crippen LogP contribution in [0.1, 0.15) is 63.1 Å².